The minimum absolute atomic E-state index is 0. The third-order valence-corrected chi connectivity index (χ3v) is 12.0. The van der Waals surface area contributed by atoms with Crippen molar-refractivity contribution < 1.29 is 79.1 Å². The number of aryl methyl sites for hydroxylation is 1. The van der Waals surface area contributed by atoms with E-state index in [0.717, 1.165) is 96.2 Å². The third kappa shape index (κ3) is 12.7. The van der Waals surface area contributed by atoms with Crippen LogP contribution in [0.3, 0.4) is 0 Å². The van der Waals surface area contributed by atoms with Crippen LogP contribution in [0.5, 0.6) is 0 Å². The first kappa shape index (κ1) is 49.7. The number of aliphatic hydroxyl groups is 2. The van der Waals surface area contributed by atoms with Crippen LogP contribution >= 0.6 is 0 Å². The van der Waals surface area contributed by atoms with Crippen molar-refractivity contribution in [2.75, 3.05) is 20.1 Å². The number of carbonyl (C=O) groups is 3. The van der Waals surface area contributed by atoms with E-state index >= 15 is 0 Å². The Labute approximate surface area is 369 Å². The minimum Gasteiger partial charge on any atom is -0.870 e. The second kappa shape index (κ2) is 22.8. The number of nitro benzene ring substituents is 1. The summed E-state index contributed by atoms with van der Waals surface area (Å²) in [6.07, 6.45) is 11.5. The van der Waals surface area contributed by atoms with Crippen molar-refractivity contribution in [3.63, 3.8) is 0 Å². The van der Waals surface area contributed by atoms with E-state index in [4.69, 9.17) is 14.6 Å². The Hall–Kier alpha value is -3.69. The Kier molecular flexibility index (Phi) is 19.2. The quantitative estimate of drug-likeness (QED) is 0.112. The molecule has 4 fully saturated rings. The maximum Gasteiger partial charge on any atom is 1.00 e. The Bertz CT molecular complexity index is 1690. The molecule has 0 spiro atoms. The number of carboxylic acid groups (broad SMARTS) is 1. The average molecular weight is 827 g/mol. The fraction of sp³-hybridized carbons (Fsp3) is 0.533. The number of rotatable bonds is 10. The van der Waals surface area contributed by atoms with Crippen molar-refractivity contribution in [3.8, 4) is 0 Å². The summed E-state index contributed by atoms with van der Waals surface area (Å²) in [5, 5.41) is 41.5. The van der Waals surface area contributed by atoms with Gasteiger partial charge in [-0.2, -0.15) is 0 Å². The predicted molar refractivity (Wildman–Crippen MR) is 216 cm³/mol. The fourth-order valence-corrected chi connectivity index (χ4v) is 8.84. The third-order valence-electron chi connectivity index (χ3n) is 12.0. The number of aromatic carboxylic acids is 1. The van der Waals surface area contributed by atoms with E-state index in [1.54, 1.807) is 6.92 Å². The van der Waals surface area contributed by atoms with Crippen LogP contribution in [0.15, 0.2) is 78.9 Å². The van der Waals surface area contributed by atoms with Crippen LogP contribution in [0.1, 0.15) is 111 Å². The van der Waals surface area contributed by atoms with Crippen LogP contribution in [0, 0.1) is 34.8 Å². The molecule has 3 aromatic carbocycles. The number of hydrogen-bond donors (Lipinski definition) is 3. The molecule has 1 saturated heterocycles. The molecular weight excluding hydrogens is 767 g/mol. The van der Waals surface area contributed by atoms with Crippen LogP contribution in [-0.4, -0.2) is 80.9 Å². The number of benzene rings is 3. The van der Waals surface area contributed by atoms with Gasteiger partial charge in [-0.25, -0.2) is 14.4 Å². The summed E-state index contributed by atoms with van der Waals surface area (Å²) in [4.78, 5) is 48.0. The van der Waals surface area contributed by atoms with Gasteiger partial charge in [-0.15, -0.1) is 0 Å². The van der Waals surface area contributed by atoms with Crippen molar-refractivity contribution in [3.05, 3.63) is 111 Å². The van der Waals surface area contributed by atoms with E-state index in [2.05, 4.69) is 11.8 Å². The molecule has 5 atom stereocenters. The Morgan fingerprint density at radius 3 is 1.61 bits per heavy atom. The number of hydrogen-bond acceptors (Lipinski definition) is 11. The number of likely N-dealkylation sites (tertiary alicyclic amines) is 1. The first-order chi connectivity index (χ1) is 27.2. The molecular formula is C45H59N2NaO11. The predicted octanol–water partition coefficient (Wildman–Crippen LogP) is 4.54. The number of esters is 2. The largest absolute Gasteiger partial charge is 1.00 e. The zero-order chi connectivity index (χ0) is 41.2. The number of carbonyl (C=O) groups excluding carboxylic acids is 2. The normalized spacial score (nSPS) is 22.4. The Balaban J connectivity index is 0.000000241. The van der Waals surface area contributed by atoms with E-state index < -0.39 is 34.0 Å². The topological polar surface area (TPSA) is 207 Å². The summed E-state index contributed by atoms with van der Waals surface area (Å²) in [5.74, 6) is -1.53. The number of likely N-dealkylation sites (N-methyl/N-ethyl adjacent to an activating group) is 1. The first-order valence-corrected chi connectivity index (χ1v) is 20.4. The summed E-state index contributed by atoms with van der Waals surface area (Å²) in [6, 6.07) is 22.4. The van der Waals surface area contributed by atoms with E-state index in [9.17, 15) is 34.7 Å². The summed E-state index contributed by atoms with van der Waals surface area (Å²) in [6.45, 7) is 5.49. The molecule has 0 amide bonds. The molecule has 3 aromatic rings. The summed E-state index contributed by atoms with van der Waals surface area (Å²) >= 11 is 0. The zero-order valence-electron chi connectivity index (χ0n) is 34.8. The van der Waals surface area contributed by atoms with Crippen molar-refractivity contribution in [2.45, 2.75) is 114 Å². The van der Waals surface area contributed by atoms with Crippen LogP contribution in [0.25, 0.3) is 0 Å². The first-order valence-electron chi connectivity index (χ1n) is 20.4. The maximum absolute atomic E-state index is 12.8. The minimum atomic E-state index is -1.50. The number of non-ortho nitro benzene ring substituents is 1. The van der Waals surface area contributed by atoms with E-state index in [1.165, 1.54) is 12.1 Å². The molecule has 4 aliphatic rings. The van der Waals surface area contributed by atoms with Crippen LogP contribution in [0.4, 0.5) is 5.69 Å². The smallest absolute Gasteiger partial charge is 0.870 e. The van der Waals surface area contributed by atoms with Gasteiger partial charge in [-0.3, -0.25) is 10.1 Å². The van der Waals surface area contributed by atoms with Gasteiger partial charge in [-0.1, -0.05) is 93.3 Å². The summed E-state index contributed by atoms with van der Waals surface area (Å²) in [7, 11) is 2.02. The van der Waals surface area contributed by atoms with Gasteiger partial charge in [0.15, 0.2) is 11.2 Å². The molecule has 59 heavy (non-hydrogen) atoms. The average Bonchev–Trinajstić information content (AvgIpc) is 4.06. The van der Waals surface area contributed by atoms with Crippen molar-refractivity contribution in [2.24, 2.45) is 17.8 Å². The van der Waals surface area contributed by atoms with Crippen LogP contribution < -0.4 is 29.6 Å². The van der Waals surface area contributed by atoms with Gasteiger partial charge in [0.2, 0.25) is 0 Å². The molecule has 3 saturated carbocycles. The molecule has 0 bridgehead atoms. The SMILES string of the molecule is CC1CCC(OC(=O)C(O)(c2ccccc2)C2CCCC2)C1.CN1CCC(OC(=O)C(O)(c2ccccc2)C2CCCC2)C1.Cc1cc(C(=O)O)cc([N+](=O)[O-])c1.[Na+].[OH-]. The van der Waals surface area contributed by atoms with Crippen LogP contribution in [0.2, 0.25) is 0 Å². The summed E-state index contributed by atoms with van der Waals surface area (Å²) in [5.41, 5.74) is -1.34. The number of ether oxygens (including phenoxy) is 2. The molecule has 14 heteroatoms. The monoisotopic (exact) mass is 826 g/mol. The molecule has 7 rings (SSSR count). The van der Waals surface area contributed by atoms with Gasteiger partial charge in [0.05, 0.1) is 10.5 Å². The Morgan fingerprint density at radius 1 is 0.746 bits per heavy atom. The molecule has 3 aliphatic carbocycles. The molecule has 316 valence electrons. The molecule has 0 aromatic heterocycles. The second-order valence-electron chi connectivity index (χ2n) is 16.4. The molecule has 1 aliphatic heterocycles. The van der Waals surface area contributed by atoms with E-state index in [1.807, 2.05) is 67.7 Å². The van der Waals surface area contributed by atoms with E-state index in [-0.39, 0.29) is 70.3 Å². The second-order valence-corrected chi connectivity index (χ2v) is 16.4. The molecule has 5 unspecified atom stereocenters. The van der Waals surface area contributed by atoms with Gasteiger partial charge in [0.1, 0.15) is 12.2 Å². The number of nitro groups is 1. The molecule has 4 N–H and O–H groups in total. The molecule has 0 radical (unpaired) electrons. The van der Waals surface area contributed by atoms with E-state index in [0.29, 0.717) is 22.6 Å². The van der Waals surface area contributed by atoms with Crippen molar-refractivity contribution >= 4 is 23.6 Å². The zero-order valence-corrected chi connectivity index (χ0v) is 36.8. The number of nitrogens with zero attached hydrogens (tertiary/aromatic N) is 2. The molecule has 1 heterocycles. The number of carboxylic acids is 1. The van der Waals surface area contributed by atoms with Gasteiger partial charge in [-0.05, 0) is 94.0 Å². The maximum atomic E-state index is 12.8. The van der Waals surface area contributed by atoms with Crippen molar-refractivity contribution in [1.29, 1.82) is 0 Å². The Morgan fingerprint density at radius 2 is 1.22 bits per heavy atom. The van der Waals surface area contributed by atoms with Gasteiger partial charge in [0, 0.05) is 37.1 Å². The van der Waals surface area contributed by atoms with Gasteiger partial charge < -0.3 is 35.2 Å². The molecule has 13 nitrogen and oxygen atoms in total. The van der Waals surface area contributed by atoms with Crippen LogP contribution in [-0.2, 0) is 30.3 Å². The van der Waals surface area contributed by atoms with Crippen molar-refractivity contribution in [1.82, 2.24) is 4.90 Å². The van der Waals surface area contributed by atoms with Gasteiger partial charge in [0.25, 0.3) is 5.69 Å². The standard InChI is InChI=1S/C19H26O3.C18H25NO3.C8H7NO4.Na.H2O/c1-14-11-12-17(13-14)22-18(20)19(21,16-9-5-6-10-16)15-7-3-2-4-8-15;1-19-12-11-16(13-19)22-17(20)18(21,15-9-5-6-10-15)14-7-3-2-4-8-14;1-5-2-6(8(10)11)4-7(3-5)9(12)13;;/h2-4,7-8,14,16-17,21H,5-6,9-13H2,1H3;2-4,7-8,15-16,21H,5-6,9-13H2,1H3;2-4H,1H3,(H,10,11);;1H2/q;;;+1;/p-1. The van der Waals surface area contributed by atoms with Gasteiger partial charge >= 0.3 is 47.5 Å². The summed E-state index contributed by atoms with van der Waals surface area (Å²) < 4.78 is 11.4. The fourth-order valence-electron chi connectivity index (χ4n) is 8.84.